The molecule has 0 atom stereocenters. The SMILES string of the molecule is CN(Cc1ccc(OC(F)F)cc1)C(=O)c1ccc(N2CCCS2(=O)=O)cc1. The van der Waals surface area contributed by atoms with Crippen LogP contribution in [0.3, 0.4) is 0 Å². The van der Waals surface area contributed by atoms with Crippen LogP contribution < -0.4 is 9.04 Å². The molecular formula is C19H20F2N2O4S. The van der Waals surface area contributed by atoms with Gasteiger partial charge in [-0.2, -0.15) is 8.78 Å². The number of carbonyl (C=O) groups excluding carboxylic acids is 1. The van der Waals surface area contributed by atoms with Crippen molar-refractivity contribution in [1.29, 1.82) is 0 Å². The van der Waals surface area contributed by atoms with Gasteiger partial charge >= 0.3 is 6.61 Å². The first-order chi connectivity index (χ1) is 13.3. The first-order valence-corrected chi connectivity index (χ1v) is 10.3. The van der Waals surface area contributed by atoms with E-state index >= 15 is 0 Å². The predicted octanol–water partition coefficient (Wildman–Crippen LogP) is 3.10. The number of nitrogens with zero attached hydrogens (tertiary/aromatic N) is 2. The second kappa shape index (κ2) is 8.14. The second-order valence-corrected chi connectivity index (χ2v) is 8.49. The molecule has 1 heterocycles. The highest BCUT2D eigenvalue weighted by Gasteiger charge is 2.28. The predicted molar refractivity (Wildman–Crippen MR) is 101 cm³/mol. The lowest BCUT2D eigenvalue weighted by molar-refractivity contribution is -0.0498. The first-order valence-electron chi connectivity index (χ1n) is 8.66. The maximum absolute atomic E-state index is 12.6. The summed E-state index contributed by atoms with van der Waals surface area (Å²) in [6.45, 7) is -2.15. The number of anilines is 1. The highest BCUT2D eigenvalue weighted by Crippen LogP contribution is 2.24. The van der Waals surface area contributed by atoms with E-state index in [0.29, 0.717) is 24.2 Å². The molecule has 0 bridgehead atoms. The number of halogens is 2. The highest BCUT2D eigenvalue weighted by molar-refractivity contribution is 7.93. The Balaban J connectivity index is 1.64. The summed E-state index contributed by atoms with van der Waals surface area (Å²) in [7, 11) is -1.63. The monoisotopic (exact) mass is 410 g/mol. The third kappa shape index (κ3) is 4.59. The maximum Gasteiger partial charge on any atom is 0.387 e. The number of alkyl halides is 2. The fourth-order valence-electron chi connectivity index (χ4n) is 3.04. The lowest BCUT2D eigenvalue weighted by Gasteiger charge is -2.19. The zero-order valence-corrected chi connectivity index (χ0v) is 16.0. The Hall–Kier alpha value is -2.68. The standard InChI is InChI=1S/C19H20F2N2O4S/c1-22(13-14-3-9-17(10-4-14)27-19(20)21)18(24)15-5-7-16(8-6-15)23-11-2-12-28(23,25)26/h3-10,19H,2,11-13H2,1H3. The van der Waals surface area contributed by atoms with Crippen LogP contribution in [0.15, 0.2) is 48.5 Å². The van der Waals surface area contributed by atoms with Crippen molar-refractivity contribution in [1.82, 2.24) is 4.90 Å². The average Bonchev–Trinajstić information content (AvgIpc) is 3.01. The lowest BCUT2D eigenvalue weighted by atomic mass is 10.1. The zero-order chi connectivity index (χ0) is 20.3. The minimum Gasteiger partial charge on any atom is -0.435 e. The van der Waals surface area contributed by atoms with Gasteiger partial charge in [0.05, 0.1) is 11.4 Å². The molecule has 0 radical (unpaired) electrons. The number of amides is 1. The normalized spacial score (nSPS) is 15.6. The van der Waals surface area contributed by atoms with E-state index < -0.39 is 16.6 Å². The molecule has 28 heavy (non-hydrogen) atoms. The van der Waals surface area contributed by atoms with Gasteiger partial charge in [-0.05, 0) is 48.4 Å². The van der Waals surface area contributed by atoms with Crippen molar-refractivity contribution in [3.8, 4) is 5.75 Å². The van der Waals surface area contributed by atoms with E-state index in [0.717, 1.165) is 5.56 Å². The van der Waals surface area contributed by atoms with Crippen LogP contribution in [0, 0.1) is 0 Å². The van der Waals surface area contributed by atoms with E-state index in [1.165, 1.54) is 21.3 Å². The summed E-state index contributed by atoms with van der Waals surface area (Å²) in [5, 5.41) is 0. The Kier molecular flexibility index (Phi) is 5.83. The molecule has 9 heteroatoms. The van der Waals surface area contributed by atoms with Gasteiger partial charge in [-0.25, -0.2) is 8.42 Å². The summed E-state index contributed by atoms with van der Waals surface area (Å²) in [5.41, 5.74) is 1.74. The van der Waals surface area contributed by atoms with Crippen LogP contribution in [0.1, 0.15) is 22.3 Å². The number of rotatable bonds is 6. The van der Waals surface area contributed by atoms with Gasteiger partial charge in [0.1, 0.15) is 5.75 Å². The molecule has 2 aromatic carbocycles. The summed E-state index contributed by atoms with van der Waals surface area (Å²) in [5.74, 6) is -0.0405. The smallest absolute Gasteiger partial charge is 0.387 e. The summed E-state index contributed by atoms with van der Waals surface area (Å²) in [4.78, 5) is 14.1. The number of benzene rings is 2. The van der Waals surface area contributed by atoms with E-state index in [-0.39, 0.29) is 24.0 Å². The molecule has 6 nitrogen and oxygen atoms in total. The number of carbonyl (C=O) groups is 1. The molecule has 1 aliphatic heterocycles. The van der Waals surface area contributed by atoms with Gasteiger partial charge in [0.15, 0.2) is 0 Å². The number of sulfonamides is 1. The van der Waals surface area contributed by atoms with Gasteiger partial charge in [-0.15, -0.1) is 0 Å². The molecule has 1 amide bonds. The minimum absolute atomic E-state index is 0.0557. The van der Waals surface area contributed by atoms with Gasteiger partial charge < -0.3 is 9.64 Å². The van der Waals surface area contributed by atoms with Crippen molar-refractivity contribution >= 4 is 21.6 Å². The molecule has 150 valence electrons. The fourth-order valence-corrected chi connectivity index (χ4v) is 4.61. The number of ether oxygens (including phenoxy) is 1. The summed E-state index contributed by atoms with van der Waals surface area (Å²) < 4.78 is 54.0. The molecule has 0 unspecified atom stereocenters. The number of hydrogen-bond acceptors (Lipinski definition) is 4. The summed E-state index contributed by atoms with van der Waals surface area (Å²) >= 11 is 0. The van der Waals surface area contributed by atoms with Gasteiger partial charge in [-0.1, -0.05) is 12.1 Å². The molecule has 0 N–H and O–H groups in total. The van der Waals surface area contributed by atoms with E-state index in [1.807, 2.05) is 0 Å². The molecule has 1 aliphatic rings. The third-order valence-corrected chi connectivity index (χ3v) is 6.29. The van der Waals surface area contributed by atoms with Crippen LogP contribution in [0.25, 0.3) is 0 Å². The Morgan fingerprint density at radius 3 is 2.32 bits per heavy atom. The largest absolute Gasteiger partial charge is 0.435 e. The maximum atomic E-state index is 12.6. The molecule has 1 saturated heterocycles. The Bertz CT molecular complexity index is 931. The lowest BCUT2D eigenvalue weighted by Crippen LogP contribution is -2.27. The van der Waals surface area contributed by atoms with Gasteiger partial charge in [0.25, 0.3) is 5.91 Å². The van der Waals surface area contributed by atoms with Gasteiger partial charge in [-0.3, -0.25) is 9.10 Å². The van der Waals surface area contributed by atoms with Crippen molar-refractivity contribution in [2.75, 3.05) is 23.7 Å². The van der Waals surface area contributed by atoms with Gasteiger partial charge in [0, 0.05) is 25.7 Å². The average molecular weight is 410 g/mol. The van der Waals surface area contributed by atoms with Gasteiger partial charge in [0.2, 0.25) is 10.0 Å². The Morgan fingerprint density at radius 1 is 1.14 bits per heavy atom. The topological polar surface area (TPSA) is 66.9 Å². The van der Waals surface area contributed by atoms with Crippen molar-refractivity contribution in [3.05, 3.63) is 59.7 Å². The van der Waals surface area contributed by atoms with Crippen LogP contribution >= 0.6 is 0 Å². The summed E-state index contributed by atoms with van der Waals surface area (Å²) in [6, 6.07) is 12.5. The van der Waals surface area contributed by atoms with E-state index in [2.05, 4.69) is 4.74 Å². The molecule has 0 aromatic heterocycles. The van der Waals surface area contributed by atoms with E-state index in [9.17, 15) is 22.0 Å². The first kappa shape index (κ1) is 20.1. The highest BCUT2D eigenvalue weighted by atomic mass is 32.2. The molecule has 1 fully saturated rings. The molecule has 0 saturated carbocycles. The van der Waals surface area contributed by atoms with E-state index in [4.69, 9.17) is 0 Å². The molecule has 3 rings (SSSR count). The molecule has 2 aromatic rings. The van der Waals surface area contributed by atoms with Crippen LogP contribution in [0.5, 0.6) is 5.75 Å². The van der Waals surface area contributed by atoms with Crippen molar-refractivity contribution in [3.63, 3.8) is 0 Å². The second-order valence-electron chi connectivity index (χ2n) is 6.47. The van der Waals surface area contributed by atoms with Crippen molar-refractivity contribution in [2.45, 2.75) is 19.6 Å². The fraction of sp³-hybridized carbons (Fsp3) is 0.316. The van der Waals surface area contributed by atoms with Crippen LogP contribution in [0.2, 0.25) is 0 Å². The molecular weight excluding hydrogens is 390 g/mol. The van der Waals surface area contributed by atoms with Crippen LogP contribution in [-0.4, -0.2) is 45.2 Å². The minimum atomic E-state index is -3.26. The molecule has 0 spiro atoms. The molecule has 0 aliphatic carbocycles. The Labute approximate surface area is 162 Å². The van der Waals surface area contributed by atoms with Crippen LogP contribution in [-0.2, 0) is 16.6 Å². The third-order valence-electron chi connectivity index (χ3n) is 4.42. The van der Waals surface area contributed by atoms with E-state index in [1.54, 1.807) is 43.4 Å². The number of hydrogen-bond donors (Lipinski definition) is 0. The van der Waals surface area contributed by atoms with Crippen molar-refractivity contribution < 1.29 is 26.7 Å². The summed E-state index contributed by atoms with van der Waals surface area (Å²) in [6.07, 6.45) is 0.590. The Morgan fingerprint density at radius 2 is 1.79 bits per heavy atom. The van der Waals surface area contributed by atoms with Crippen LogP contribution in [0.4, 0.5) is 14.5 Å². The van der Waals surface area contributed by atoms with Crippen molar-refractivity contribution in [2.24, 2.45) is 0 Å². The zero-order valence-electron chi connectivity index (χ0n) is 15.2. The quantitative estimate of drug-likeness (QED) is 0.734.